The zero-order valence-corrected chi connectivity index (χ0v) is 15.0. The maximum atomic E-state index is 12.3. The number of amides is 2. The van der Waals surface area contributed by atoms with Crippen molar-refractivity contribution in [2.24, 2.45) is 5.92 Å². The van der Waals surface area contributed by atoms with Gasteiger partial charge in [-0.3, -0.25) is 20.4 Å². The molecule has 25 heavy (non-hydrogen) atoms. The molecule has 0 aliphatic carbocycles. The van der Waals surface area contributed by atoms with Gasteiger partial charge in [0, 0.05) is 17.9 Å². The second kappa shape index (κ2) is 7.78. The van der Waals surface area contributed by atoms with Crippen molar-refractivity contribution in [3.8, 4) is 17.2 Å². The molecule has 0 aliphatic heterocycles. The molecule has 0 spiro atoms. The number of ether oxygens (including phenoxy) is 3. The summed E-state index contributed by atoms with van der Waals surface area (Å²) in [5, 5.41) is 0.666. The summed E-state index contributed by atoms with van der Waals surface area (Å²) in [5.41, 5.74) is 5.60. The number of rotatable bonds is 6. The lowest BCUT2D eigenvalue weighted by Gasteiger charge is -2.11. The number of benzene rings is 1. The molecule has 2 rings (SSSR count). The van der Waals surface area contributed by atoms with Gasteiger partial charge in [-0.1, -0.05) is 13.8 Å². The van der Waals surface area contributed by atoms with E-state index in [1.54, 1.807) is 12.1 Å². The van der Waals surface area contributed by atoms with Crippen molar-refractivity contribution in [1.29, 1.82) is 0 Å². The molecular weight excluding hydrogens is 326 g/mol. The van der Waals surface area contributed by atoms with Gasteiger partial charge in [-0.05, 0) is 12.0 Å². The number of aromatic amines is 1. The predicted octanol–water partition coefficient (Wildman–Crippen LogP) is 2.00. The van der Waals surface area contributed by atoms with E-state index in [1.807, 2.05) is 13.8 Å². The van der Waals surface area contributed by atoms with Crippen molar-refractivity contribution < 1.29 is 23.8 Å². The first-order chi connectivity index (χ1) is 11.9. The number of methoxy groups -OCH3 is 3. The van der Waals surface area contributed by atoms with Gasteiger partial charge in [0.1, 0.15) is 11.4 Å². The largest absolute Gasteiger partial charge is 0.496 e. The molecule has 0 saturated carbocycles. The van der Waals surface area contributed by atoms with Crippen LogP contribution in [0.5, 0.6) is 17.2 Å². The van der Waals surface area contributed by atoms with Crippen LogP contribution in [0.3, 0.4) is 0 Å². The van der Waals surface area contributed by atoms with E-state index in [-0.39, 0.29) is 17.5 Å². The molecule has 0 aliphatic rings. The van der Waals surface area contributed by atoms with Crippen LogP contribution in [0.25, 0.3) is 10.9 Å². The third-order valence-electron chi connectivity index (χ3n) is 3.59. The first-order valence-electron chi connectivity index (χ1n) is 7.82. The lowest BCUT2D eigenvalue weighted by atomic mass is 10.1. The summed E-state index contributed by atoms with van der Waals surface area (Å²) in [6.07, 6.45) is 0.325. The summed E-state index contributed by atoms with van der Waals surface area (Å²) in [6.45, 7) is 3.84. The van der Waals surface area contributed by atoms with Gasteiger partial charge in [0.2, 0.25) is 5.91 Å². The van der Waals surface area contributed by atoms with Crippen molar-refractivity contribution in [1.82, 2.24) is 15.8 Å². The van der Waals surface area contributed by atoms with Gasteiger partial charge >= 0.3 is 0 Å². The number of hydrogen-bond donors (Lipinski definition) is 3. The Morgan fingerprint density at radius 3 is 2.28 bits per heavy atom. The Morgan fingerprint density at radius 2 is 1.72 bits per heavy atom. The van der Waals surface area contributed by atoms with Crippen molar-refractivity contribution >= 4 is 22.7 Å². The number of fused-ring (bicyclic) bond motifs is 1. The lowest BCUT2D eigenvalue weighted by molar-refractivity contribution is -0.122. The number of carbonyl (C=O) groups excluding carboxylic acids is 2. The number of H-pyrrole nitrogens is 1. The SMILES string of the molecule is COc1cc(OC)c2cc(C(=O)NNC(=O)CC(C)C)[nH]c2c1OC. The quantitative estimate of drug-likeness (QED) is 0.693. The van der Waals surface area contributed by atoms with Crippen molar-refractivity contribution in [2.45, 2.75) is 20.3 Å². The average molecular weight is 349 g/mol. The van der Waals surface area contributed by atoms with E-state index < -0.39 is 5.91 Å². The third kappa shape index (κ3) is 3.96. The van der Waals surface area contributed by atoms with Gasteiger partial charge in [0.05, 0.1) is 26.8 Å². The summed E-state index contributed by atoms with van der Waals surface area (Å²) >= 11 is 0. The topological polar surface area (TPSA) is 102 Å². The number of carbonyl (C=O) groups is 2. The first kappa shape index (κ1) is 18.4. The smallest absolute Gasteiger partial charge is 0.286 e. The molecule has 2 aromatic rings. The van der Waals surface area contributed by atoms with Crippen LogP contribution in [0.1, 0.15) is 30.8 Å². The summed E-state index contributed by atoms with van der Waals surface area (Å²) in [7, 11) is 4.56. The summed E-state index contributed by atoms with van der Waals surface area (Å²) in [6, 6.07) is 3.31. The molecular formula is C17H23N3O5. The maximum Gasteiger partial charge on any atom is 0.286 e. The standard InChI is InChI=1S/C17H23N3O5/c1-9(2)6-14(21)19-20-17(22)11-7-10-12(23-3)8-13(24-4)16(25-5)15(10)18-11/h7-9,18H,6H2,1-5H3,(H,19,21)(H,20,22). The Morgan fingerprint density at radius 1 is 1.04 bits per heavy atom. The maximum absolute atomic E-state index is 12.3. The van der Waals surface area contributed by atoms with Gasteiger partial charge < -0.3 is 19.2 Å². The Bertz CT molecular complexity index is 782. The van der Waals surface area contributed by atoms with Gasteiger partial charge in [0.15, 0.2) is 11.5 Å². The normalized spacial score (nSPS) is 10.6. The molecule has 0 bridgehead atoms. The van der Waals surface area contributed by atoms with Gasteiger partial charge in [-0.15, -0.1) is 0 Å². The summed E-state index contributed by atoms with van der Waals surface area (Å²) in [5.74, 6) is 0.942. The van der Waals surface area contributed by atoms with E-state index >= 15 is 0 Å². The van der Waals surface area contributed by atoms with E-state index in [0.29, 0.717) is 34.6 Å². The zero-order valence-electron chi connectivity index (χ0n) is 15.0. The van der Waals surface area contributed by atoms with E-state index in [0.717, 1.165) is 0 Å². The molecule has 8 heteroatoms. The summed E-state index contributed by atoms with van der Waals surface area (Å²) in [4.78, 5) is 26.9. The summed E-state index contributed by atoms with van der Waals surface area (Å²) < 4.78 is 16.0. The average Bonchev–Trinajstić information content (AvgIpc) is 3.02. The highest BCUT2D eigenvalue weighted by atomic mass is 16.5. The second-order valence-electron chi connectivity index (χ2n) is 5.89. The van der Waals surface area contributed by atoms with Gasteiger partial charge in [-0.25, -0.2) is 0 Å². The van der Waals surface area contributed by atoms with Crippen molar-refractivity contribution in [3.05, 3.63) is 17.8 Å². The molecule has 1 aromatic carbocycles. The zero-order chi connectivity index (χ0) is 18.6. The van der Waals surface area contributed by atoms with Gasteiger partial charge in [-0.2, -0.15) is 0 Å². The fourth-order valence-corrected chi connectivity index (χ4v) is 2.47. The third-order valence-corrected chi connectivity index (χ3v) is 3.59. The van der Waals surface area contributed by atoms with E-state index in [4.69, 9.17) is 14.2 Å². The van der Waals surface area contributed by atoms with E-state index in [9.17, 15) is 9.59 Å². The van der Waals surface area contributed by atoms with E-state index in [1.165, 1.54) is 21.3 Å². The Balaban J connectivity index is 2.30. The fourth-order valence-electron chi connectivity index (χ4n) is 2.47. The van der Waals surface area contributed by atoms with Crippen LogP contribution >= 0.6 is 0 Å². The molecule has 2 amide bonds. The Labute approximate surface area is 145 Å². The number of nitrogens with one attached hydrogen (secondary N) is 3. The van der Waals surface area contributed by atoms with Crippen LogP contribution in [0.4, 0.5) is 0 Å². The predicted molar refractivity (Wildman–Crippen MR) is 93.0 cm³/mol. The Kier molecular flexibility index (Phi) is 5.74. The monoisotopic (exact) mass is 349 g/mol. The lowest BCUT2D eigenvalue weighted by Crippen LogP contribution is -2.42. The minimum absolute atomic E-state index is 0.200. The number of hydrogen-bond acceptors (Lipinski definition) is 5. The second-order valence-corrected chi connectivity index (χ2v) is 5.89. The highest BCUT2D eigenvalue weighted by Gasteiger charge is 2.19. The van der Waals surface area contributed by atoms with Crippen LogP contribution in [-0.4, -0.2) is 38.1 Å². The molecule has 1 aromatic heterocycles. The molecule has 0 radical (unpaired) electrons. The Hall–Kier alpha value is -2.90. The van der Waals surface area contributed by atoms with Crippen LogP contribution in [0.15, 0.2) is 12.1 Å². The van der Waals surface area contributed by atoms with Gasteiger partial charge in [0.25, 0.3) is 5.91 Å². The molecule has 3 N–H and O–H groups in total. The van der Waals surface area contributed by atoms with Crippen LogP contribution in [0, 0.1) is 5.92 Å². The van der Waals surface area contributed by atoms with Crippen LogP contribution < -0.4 is 25.1 Å². The molecule has 0 saturated heterocycles. The molecule has 8 nitrogen and oxygen atoms in total. The molecule has 136 valence electrons. The minimum Gasteiger partial charge on any atom is -0.496 e. The highest BCUT2D eigenvalue weighted by molar-refractivity contribution is 6.02. The molecule has 0 fully saturated rings. The molecule has 0 unspecified atom stereocenters. The first-order valence-corrected chi connectivity index (χ1v) is 7.82. The van der Waals surface area contributed by atoms with Crippen LogP contribution in [-0.2, 0) is 4.79 Å². The minimum atomic E-state index is -0.476. The fraction of sp³-hybridized carbons (Fsp3) is 0.412. The van der Waals surface area contributed by atoms with Crippen molar-refractivity contribution in [3.63, 3.8) is 0 Å². The molecule has 1 heterocycles. The molecule has 0 atom stereocenters. The number of aromatic nitrogens is 1. The van der Waals surface area contributed by atoms with Crippen LogP contribution in [0.2, 0.25) is 0 Å². The highest BCUT2D eigenvalue weighted by Crippen LogP contribution is 2.41. The van der Waals surface area contributed by atoms with Crippen molar-refractivity contribution in [2.75, 3.05) is 21.3 Å². The number of hydrazine groups is 1. The van der Waals surface area contributed by atoms with E-state index in [2.05, 4.69) is 15.8 Å².